The third kappa shape index (κ3) is 3.48. The van der Waals surface area contributed by atoms with Gasteiger partial charge in [0.15, 0.2) is 0 Å². The molecule has 17 heavy (non-hydrogen) atoms. The summed E-state index contributed by atoms with van der Waals surface area (Å²) in [6, 6.07) is 1.13. The molecular weight excluding hydrogens is 263 g/mol. The van der Waals surface area contributed by atoms with E-state index in [1.165, 1.54) is 14.0 Å². The highest BCUT2D eigenvalue weighted by atomic mass is 35.5. The van der Waals surface area contributed by atoms with Crippen LogP contribution in [0.1, 0.15) is 16.1 Å². The Labute approximate surface area is 99.3 Å². The zero-order valence-corrected chi connectivity index (χ0v) is 9.52. The van der Waals surface area contributed by atoms with Crippen LogP contribution in [-0.2, 0) is 0 Å². The van der Waals surface area contributed by atoms with Crippen molar-refractivity contribution in [1.82, 2.24) is 4.98 Å². The highest BCUT2D eigenvalue weighted by Gasteiger charge is 2.33. The van der Waals surface area contributed by atoms with Crippen molar-refractivity contribution in [1.29, 1.82) is 0 Å². The monoisotopic (exact) mass is 269 g/mol. The molecule has 0 radical (unpaired) electrons. The van der Waals surface area contributed by atoms with Gasteiger partial charge in [0.1, 0.15) is 11.4 Å². The Morgan fingerprint density at radius 3 is 2.47 bits per heavy atom. The minimum atomic E-state index is -4.91. The van der Waals surface area contributed by atoms with Crippen LogP contribution in [-0.4, -0.2) is 23.7 Å². The van der Waals surface area contributed by atoms with E-state index in [1.807, 2.05) is 0 Å². The maximum Gasteiger partial charge on any atom is 0.574 e. The average molecular weight is 270 g/mol. The van der Waals surface area contributed by atoms with Gasteiger partial charge < -0.3 is 9.47 Å². The molecule has 0 amide bonds. The van der Waals surface area contributed by atoms with E-state index in [9.17, 15) is 18.0 Å². The van der Waals surface area contributed by atoms with Crippen LogP contribution in [0.25, 0.3) is 0 Å². The van der Waals surface area contributed by atoms with E-state index in [4.69, 9.17) is 16.3 Å². The lowest BCUT2D eigenvalue weighted by Crippen LogP contribution is -2.19. The van der Waals surface area contributed by atoms with Gasteiger partial charge in [-0.3, -0.25) is 4.79 Å². The maximum atomic E-state index is 12.1. The summed E-state index contributed by atoms with van der Waals surface area (Å²) >= 11 is 5.13. The van der Waals surface area contributed by atoms with Crippen molar-refractivity contribution in [3.63, 3.8) is 0 Å². The van der Waals surface area contributed by atoms with Crippen molar-refractivity contribution in [3.05, 3.63) is 17.3 Å². The normalized spacial score (nSPS) is 11.2. The Morgan fingerprint density at radius 1 is 1.47 bits per heavy atom. The third-order valence-electron chi connectivity index (χ3n) is 1.81. The number of carbonyl (C=O) groups is 1. The molecule has 0 aromatic carbocycles. The Hall–Kier alpha value is -1.50. The Bertz CT molecular complexity index is 448. The summed E-state index contributed by atoms with van der Waals surface area (Å²) in [6.45, 7) is 1.31. The third-order valence-corrected chi connectivity index (χ3v) is 2.01. The summed E-state index contributed by atoms with van der Waals surface area (Å²) in [4.78, 5) is 14.2. The van der Waals surface area contributed by atoms with Crippen LogP contribution in [0.15, 0.2) is 6.07 Å². The molecule has 0 saturated carbocycles. The lowest BCUT2D eigenvalue weighted by molar-refractivity contribution is -0.276. The van der Waals surface area contributed by atoms with Crippen molar-refractivity contribution in [2.75, 3.05) is 7.11 Å². The zero-order valence-electron chi connectivity index (χ0n) is 8.76. The summed E-state index contributed by atoms with van der Waals surface area (Å²) < 4.78 is 44.7. The number of halogens is 4. The van der Waals surface area contributed by atoms with Gasteiger partial charge in [-0.1, -0.05) is 0 Å². The highest BCUT2D eigenvalue weighted by Crippen LogP contribution is 2.31. The number of alkyl halides is 3. The fraction of sp³-hybridized carbons (Fsp3) is 0.333. The molecule has 0 atom stereocenters. The number of carbonyl (C=O) groups excluding carboxylic acids is 1. The molecule has 0 N–H and O–H groups in total. The van der Waals surface area contributed by atoms with E-state index in [0.717, 1.165) is 6.07 Å². The van der Waals surface area contributed by atoms with Crippen LogP contribution in [0.3, 0.4) is 0 Å². The molecule has 1 rings (SSSR count). The molecule has 0 aliphatic heterocycles. The minimum Gasteiger partial charge on any atom is -0.496 e. The summed E-state index contributed by atoms with van der Waals surface area (Å²) in [5, 5.41) is -1.00. The van der Waals surface area contributed by atoms with Gasteiger partial charge in [-0.15, -0.1) is 13.2 Å². The summed E-state index contributed by atoms with van der Waals surface area (Å²) in [5.74, 6) is -0.732. The standard InChI is InChI=1S/C9H7ClF3NO3/c1-4-6(16-2)3-5(7(10)15)14-8(4)17-9(11,12)13/h3H,1-2H3. The molecule has 1 aromatic rings. The van der Waals surface area contributed by atoms with E-state index in [-0.39, 0.29) is 17.0 Å². The summed E-state index contributed by atoms with van der Waals surface area (Å²) in [5.41, 5.74) is -0.361. The quantitative estimate of drug-likeness (QED) is 0.792. The molecule has 94 valence electrons. The molecule has 0 unspecified atom stereocenters. The Kier molecular flexibility index (Phi) is 3.82. The average Bonchev–Trinajstić information content (AvgIpc) is 2.18. The van der Waals surface area contributed by atoms with Gasteiger partial charge >= 0.3 is 6.36 Å². The highest BCUT2D eigenvalue weighted by molar-refractivity contribution is 6.67. The van der Waals surface area contributed by atoms with E-state index >= 15 is 0 Å². The smallest absolute Gasteiger partial charge is 0.496 e. The second-order valence-corrected chi connectivity index (χ2v) is 3.30. The van der Waals surface area contributed by atoms with E-state index < -0.39 is 17.5 Å². The van der Waals surface area contributed by atoms with Crippen LogP contribution in [0, 0.1) is 6.92 Å². The molecule has 0 saturated heterocycles. The Morgan fingerprint density at radius 2 is 2.06 bits per heavy atom. The first kappa shape index (κ1) is 13.6. The molecule has 1 aromatic heterocycles. The van der Waals surface area contributed by atoms with Crippen LogP contribution >= 0.6 is 11.6 Å². The molecule has 4 nitrogen and oxygen atoms in total. The number of pyridine rings is 1. The number of nitrogens with zero attached hydrogens (tertiary/aromatic N) is 1. The van der Waals surface area contributed by atoms with Gasteiger partial charge in [0.05, 0.1) is 12.7 Å². The lowest BCUT2D eigenvalue weighted by Gasteiger charge is -2.13. The maximum absolute atomic E-state index is 12.1. The van der Waals surface area contributed by atoms with Gasteiger partial charge in [-0.05, 0) is 18.5 Å². The van der Waals surface area contributed by atoms with Crippen LogP contribution in [0.5, 0.6) is 11.6 Å². The van der Waals surface area contributed by atoms with Gasteiger partial charge in [-0.25, -0.2) is 4.98 Å². The molecule has 0 bridgehead atoms. The first-order valence-electron chi connectivity index (χ1n) is 4.26. The van der Waals surface area contributed by atoms with Crippen molar-refractivity contribution in [2.45, 2.75) is 13.3 Å². The SMILES string of the molecule is COc1cc(C(=O)Cl)nc(OC(F)(F)F)c1C. The first-order chi connectivity index (χ1) is 7.74. The molecule has 1 heterocycles. The number of methoxy groups -OCH3 is 1. The number of hydrogen-bond donors (Lipinski definition) is 0. The van der Waals surface area contributed by atoms with Crippen LogP contribution < -0.4 is 9.47 Å². The topological polar surface area (TPSA) is 48.4 Å². The minimum absolute atomic E-state index is 0.0199. The lowest BCUT2D eigenvalue weighted by atomic mass is 10.2. The largest absolute Gasteiger partial charge is 0.574 e. The summed E-state index contributed by atoms with van der Waals surface area (Å²) in [7, 11) is 1.24. The zero-order chi connectivity index (χ0) is 13.2. The Balaban J connectivity index is 3.28. The van der Waals surface area contributed by atoms with Gasteiger partial charge in [0.2, 0.25) is 5.88 Å². The molecular formula is C9H7ClF3NO3. The molecule has 8 heteroatoms. The molecule has 0 aliphatic carbocycles. The van der Waals surface area contributed by atoms with Crippen molar-refractivity contribution >= 4 is 16.8 Å². The first-order valence-corrected chi connectivity index (χ1v) is 4.63. The second kappa shape index (κ2) is 4.79. The predicted molar refractivity (Wildman–Crippen MR) is 52.4 cm³/mol. The molecule has 0 aliphatic rings. The number of hydrogen-bond acceptors (Lipinski definition) is 4. The van der Waals surface area contributed by atoms with Crippen molar-refractivity contribution < 1.29 is 27.4 Å². The van der Waals surface area contributed by atoms with Crippen molar-refractivity contribution in [3.8, 4) is 11.6 Å². The van der Waals surface area contributed by atoms with E-state index in [2.05, 4.69) is 9.72 Å². The fourth-order valence-corrected chi connectivity index (χ4v) is 1.18. The van der Waals surface area contributed by atoms with Crippen LogP contribution in [0.4, 0.5) is 13.2 Å². The number of aromatic nitrogens is 1. The molecule has 0 spiro atoms. The molecule has 0 fully saturated rings. The second-order valence-electron chi connectivity index (χ2n) is 2.96. The van der Waals surface area contributed by atoms with E-state index in [0.29, 0.717) is 0 Å². The van der Waals surface area contributed by atoms with Crippen molar-refractivity contribution in [2.24, 2.45) is 0 Å². The number of ether oxygens (including phenoxy) is 2. The summed E-state index contributed by atoms with van der Waals surface area (Å²) in [6.07, 6.45) is -4.91. The van der Waals surface area contributed by atoms with Gasteiger partial charge in [0, 0.05) is 6.07 Å². The van der Waals surface area contributed by atoms with Gasteiger partial charge in [0.25, 0.3) is 5.24 Å². The van der Waals surface area contributed by atoms with Gasteiger partial charge in [-0.2, -0.15) is 0 Å². The van der Waals surface area contributed by atoms with Crippen LogP contribution in [0.2, 0.25) is 0 Å². The number of rotatable bonds is 3. The fourth-order valence-electron chi connectivity index (χ4n) is 1.09. The predicted octanol–water partition coefficient (Wildman–Crippen LogP) is 2.68. The van der Waals surface area contributed by atoms with E-state index in [1.54, 1.807) is 0 Å².